The third kappa shape index (κ3) is 3.43. The predicted molar refractivity (Wildman–Crippen MR) is 119 cm³/mol. The van der Waals surface area contributed by atoms with Crippen molar-refractivity contribution in [1.29, 1.82) is 0 Å². The molecule has 0 bridgehead atoms. The third-order valence-electron chi connectivity index (χ3n) is 5.15. The van der Waals surface area contributed by atoms with Crippen LogP contribution < -0.4 is 10.9 Å². The number of hydrazine groups is 1. The predicted octanol–water partition coefficient (Wildman–Crippen LogP) is 3.70. The summed E-state index contributed by atoms with van der Waals surface area (Å²) in [6, 6.07) is 22.0. The second kappa shape index (κ2) is 7.92. The van der Waals surface area contributed by atoms with Gasteiger partial charge in [-0.15, -0.1) is 0 Å². The number of benzene rings is 2. The van der Waals surface area contributed by atoms with E-state index >= 15 is 0 Å². The highest BCUT2D eigenvalue weighted by atomic mass is 16.3. The molecule has 0 spiro atoms. The number of rotatable bonds is 4. The zero-order valence-corrected chi connectivity index (χ0v) is 17.1. The number of aromatic nitrogens is 3. The van der Waals surface area contributed by atoms with Crippen molar-refractivity contribution in [2.24, 2.45) is 7.05 Å². The van der Waals surface area contributed by atoms with E-state index in [1.807, 2.05) is 66.2 Å². The van der Waals surface area contributed by atoms with Crippen molar-refractivity contribution in [2.45, 2.75) is 0 Å². The minimum Gasteiger partial charge on any atom is -0.463 e. The fourth-order valence-electron chi connectivity index (χ4n) is 3.62. The minimum atomic E-state index is -0.507. The SMILES string of the molecule is Cn1cc(C(=O)NNC(=O)c2cc(-c3ccco3)nn2-c2ccccc2)c2ccccc21. The van der Waals surface area contributed by atoms with Crippen molar-refractivity contribution in [3.8, 4) is 17.1 Å². The summed E-state index contributed by atoms with van der Waals surface area (Å²) in [6.07, 6.45) is 3.27. The summed E-state index contributed by atoms with van der Waals surface area (Å²) in [5.41, 5.74) is 7.86. The van der Waals surface area contributed by atoms with Crippen LogP contribution in [0, 0.1) is 0 Å². The number of nitrogens with one attached hydrogen (secondary N) is 2. The maximum Gasteiger partial charge on any atom is 0.288 e. The summed E-state index contributed by atoms with van der Waals surface area (Å²) in [4.78, 5) is 25.8. The molecule has 3 heterocycles. The van der Waals surface area contributed by atoms with Crippen molar-refractivity contribution >= 4 is 22.7 Å². The number of nitrogens with zero attached hydrogens (tertiary/aromatic N) is 3. The Hall–Kier alpha value is -4.59. The lowest BCUT2D eigenvalue weighted by molar-refractivity contribution is 0.0843. The lowest BCUT2D eigenvalue weighted by Gasteiger charge is -2.09. The van der Waals surface area contributed by atoms with Crippen LogP contribution in [0.4, 0.5) is 0 Å². The smallest absolute Gasteiger partial charge is 0.288 e. The summed E-state index contributed by atoms with van der Waals surface area (Å²) in [7, 11) is 1.87. The Morgan fingerprint density at radius 3 is 2.44 bits per heavy atom. The van der Waals surface area contributed by atoms with E-state index in [9.17, 15) is 9.59 Å². The Morgan fingerprint density at radius 2 is 1.66 bits per heavy atom. The lowest BCUT2D eigenvalue weighted by atomic mass is 10.2. The molecule has 0 radical (unpaired) electrons. The third-order valence-corrected chi connectivity index (χ3v) is 5.15. The van der Waals surface area contributed by atoms with Crippen LogP contribution in [0.3, 0.4) is 0 Å². The second-order valence-corrected chi connectivity index (χ2v) is 7.22. The Kier molecular flexibility index (Phi) is 4.79. The van der Waals surface area contributed by atoms with E-state index in [1.54, 1.807) is 30.7 Å². The van der Waals surface area contributed by atoms with Crippen LogP contribution in [-0.2, 0) is 7.05 Å². The van der Waals surface area contributed by atoms with Crippen molar-refractivity contribution in [3.63, 3.8) is 0 Å². The number of carbonyl (C=O) groups is 2. The average Bonchev–Trinajstić information content (AvgIpc) is 3.57. The average molecular weight is 425 g/mol. The number of amides is 2. The van der Waals surface area contributed by atoms with Crippen molar-refractivity contribution in [2.75, 3.05) is 0 Å². The Morgan fingerprint density at radius 1 is 0.906 bits per heavy atom. The molecule has 158 valence electrons. The molecule has 2 N–H and O–H groups in total. The molecular formula is C24H19N5O3. The first kappa shape index (κ1) is 19.4. The van der Waals surface area contributed by atoms with E-state index in [-0.39, 0.29) is 5.69 Å². The Labute approximate surface area is 183 Å². The van der Waals surface area contributed by atoms with Crippen molar-refractivity contribution in [3.05, 3.63) is 96.5 Å². The number of furan rings is 1. The van der Waals surface area contributed by atoms with E-state index in [4.69, 9.17) is 4.42 Å². The minimum absolute atomic E-state index is 0.251. The van der Waals surface area contributed by atoms with Gasteiger partial charge in [0.2, 0.25) is 0 Å². The molecular weight excluding hydrogens is 406 g/mol. The van der Waals surface area contributed by atoms with Gasteiger partial charge in [-0.2, -0.15) is 5.10 Å². The van der Waals surface area contributed by atoms with E-state index in [1.165, 1.54) is 4.68 Å². The first-order chi connectivity index (χ1) is 15.6. The van der Waals surface area contributed by atoms with Crippen LogP contribution in [0.1, 0.15) is 20.8 Å². The molecule has 0 saturated heterocycles. The number of hydrogen-bond donors (Lipinski definition) is 2. The Balaban J connectivity index is 1.42. The maximum absolute atomic E-state index is 13.0. The molecule has 0 unspecified atom stereocenters. The summed E-state index contributed by atoms with van der Waals surface area (Å²) < 4.78 is 8.80. The first-order valence-electron chi connectivity index (χ1n) is 9.96. The van der Waals surface area contributed by atoms with Gasteiger partial charge >= 0.3 is 0 Å². The highest BCUT2D eigenvalue weighted by molar-refractivity contribution is 6.08. The highest BCUT2D eigenvalue weighted by Gasteiger charge is 2.20. The van der Waals surface area contributed by atoms with E-state index in [2.05, 4.69) is 16.0 Å². The zero-order valence-electron chi connectivity index (χ0n) is 17.1. The number of hydrogen-bond acceptors (Lipinski definition) is 4. The van der Waals surface area contributed by atoms with Crippen LogP contribution in [0.15, 0.2) is 89.7 Å². The highest BCUT2D eigenvalue weighted by Crippen LogP contribution is 2.22. The molecule has 0 saturated carbocycles. The van der Waals surface area contributed by atoms with Gasteiger partial charge in [0.15, 0.2) is 5.76 Å². The molecule has 8 nitrogen and oxygen atoms in total. The monoisotopic (exact) mass is 425 g/mol. The van der Waals surface area contributed by atoms with Gasteiger partial charge in [-0.1, -0.05) is 36.4 Å². The molecule has 8 heteroatoms. The Bertz CT molecular complexity index is 1410. The molecule has 0 aliphatic rings. The topological polar surface area (TPSA) is 94.1 Å². The van der Waals surface area contributed by atoms with Gasteiger partial charge in [-0.25, -0.2) is 4.68 Å². The van der Waals surface area contributed by atoms with E-state index < -0.39 is 11.8 Å². The fourth-order valence-corrected chi connectivity index (χ4v) is 3.62. The molecule has 3 aromatic heterocycles. The number of fused-ring (bicyclic) bond motifs is 1. The molecule has 0 aliphatic heterocycles. The van der Waals surface area contributed by atoms with E-state index in [0.717, 1.165) is 10.9 Å². The molecule has 5 aromatic rings. The van der Waals surface area contributed by atoms with Crippen molar-refractivity contribution < 1.29 is 14.0 Å². The summed E-state index contributed by atoms with van der Waals surface area (Å²) >= 11 is 0. The standard InChI is InChI=1S/C24H19N5O3/c1-28-15-18(17-10-5-6-11-20(17)28)23(30)25-26-24(31)21-14-19(22-12-7-13-32-22)27-29(21)16-8-3-2-4-9-16/h2-15H,1H3,(H,25,30)(H,26,31). The maximum atomic E-state index is 13.0. The number of aryl methyl sites for hydroxylation is 1. The fraction of sp³-hybridized carbons (Fsp3) is 0.0417. The van der Waals surface area contributed by atoms with Gasteiger partial charge in [0.1, 0.15) is 11.4 Å². The molecule has 32 heavy (non-hydrogen) atoms. The van der Waals surface area contributed by atoms with Crippen LogP contribution >= 0.6 is 0 Å². The van der Waals surface area contributed by atoms with Crippen LogP contribution in [0.5, 0.6) is 0 Å². The van der Waals surface area contributed by atoms with E-state index in [0.29, 0.717) is 22.7 Å². The van der Waals surface area contributed by atoms with Gasteiger partial charge in [0, 0.05) is 30.2 Å². The lowest BCUT2D eigenvalue weighted by Crippen LogP contribution is -2.42. The number of para-hydroxylation sites is 2. The zero-order chi connectivity index (χ0) is 22.1. The number of carbonyl (C=O) groups excluding carboxylic acids is 2. The van der Waals surface area contributed by atoms with Gasteiger partial charge in [-0.3, -0.25) is 20.4 Å². The molecule has 2 amide bonds. The summed E-state index contributed by atoms with van der Waals surface area (Å²) in [5.74, 6) is -0.381. The van der Waals surface area contributed by atoms with Crippen LogP contribution in [0.25, 0.3) is 28.0 Å². The molecule has 0 atom stereocenters. The second-order valence-electron chi connectivity index (χ2n) is 7.22. The normalized spacial score (nSPS) is 10.9. The summed E-state index contributed by atoms with van der Waals surface area (Å²) in [5, 5.41) is 5.32. The molecule has 0 aliphatic carbocycles. The van der Waals surface area contributed by atoms with Gasteiger partial charge in [0.25, 0.3) is 11.8 Å². The molecule has 5 rings (SSSR count). The van der Waals surface area contributed by atoms with Gasteiger partial charge in [0.05, 0.1) is 17.5 Å². The van der Waals surface area contributed by atoms with Gasteiger partial charge in [-0.05, 0) is 30.3 Å². The summed E-state index contributed by atoms with van der Waals surface area (Å²) in [6.45, 7) is 0. The molecule has 2 aromatic carbocycles. The molecule has 0 fully saturated rings. The van der Waals surface area contributed by atoms with Crippen LogP contribution in [-0.4, -0.2) is 26.2 Å². The van der Waals surface area contributed by atoms with Gasteiger partial charge < -0.3 is 8.98 Å². The largest absolute Gasteiger partial charge is 0.463 e. The quantitative estimate of drug-likeness (QED) is 0.429. The van der Waals surface area contributed by atoms with Crippen molar-refractivity contribution in [1.82, 2.24) is 25.2 Å². The van der Waals surface area contributed by atoms with Crippen LogP contribution in [0.2, 0.25) is 0 Å². The first-order valence-corrected chi connectivity index (χ1v) is 9.96.